The third-order valence-corrected chi connectivity index (χ3v) is 4.40. The molecule has 0 unspecified atom stereocenters. The Morgan fingerprint density at radius 1 is 1.29 bits per heavy atom. The van der Waals surface area contributed by atoms with Crippen molar-refractivity contribution < 1.29 is 17.6 Å². The largest absolute Gasteiger partial charge is 0.465 e. The number of nitrogens with zero attached hydrogens (tertiary/aromatic N) is 1. The monoisotopic (exact) mass is 308 g/mol. The second-order valence-corrected chi connectivity index (χ2v) is 6.31. The average Bonchev–Trinajstić information content (AvgIpc) is 2.77. The number of nitrogens with one attached hydrogen (secondary N) is 1. The number of rotatable bonds is 5. The number of pyridine rings is 1. The molecule has 0 atom stereocenters. The third kappa shape index (κ3) is 3.91. The van der Waals surface area contributed by atoms with Crippen LogP contribution in [0.15, 0.2) is 39.9 Å². The van der Waals surface area contributed by atoms with Gasteiger partial charge in [-0.2, -0.15) is 0 Å². The van der Waals surface area contributed by atoms with Crippen LogP contribution in [-0.4, -0.2) is 19.3 Å². The van der Waals surface area contributed by atoms with Crippen LogP contribution in [0.1, 0.15) is 23.5 Å². The van der Waals surface area contributed by atoms with Gasteiger partial charge in [0.1, 0.15) is 16.4 Å². The summed E-state index contributed by atoms with van der Waals surface area (Å²) in [4.78, 5) is 15.7. The summed E-state index contributed by atoms with van der Waals surface area (Å²) in [6.07, 6.45) is 3.79. The number of hydrogen-bond donors (Lipinski definition) is 1. The Hall–Kier alpha value is -2.15. The van der Waals surface area contributed by atoms with Gasteiger partial charge >= 0.3 is 0 Å². The van der Waals surface area contributed by atoms with Crippen molar-refractivity contribution in [3.8, 4) is 0 Å². The van der Waals surface area contributed by atoms with E-state index in [9.17, 15) is 13.2 Å². The molecule has 21 heavy (non-hydrogen) atoms. The minimum Gasteiger partial charge on any atom is -0.465 e. The van der Waals surface area contributed by atoms with Gasteiger partial charge in [0.05, 0.1) is 0 Å². The fourth-order valence-electron chi connectivity index (χ4n) is 1.94. The molecule has 0 spiro atoms. The van der Waals surface area contributed by atoms with Crippen molar-refractivity contribution in [1.29, 1.82) is 0 Å². The molecule has 0 radical (unpaired) electrons. The summed E-state index contributed by atoms with van der Waals surface area (Å²) < 4.78 is 31.4. The maximum absolute atomic E-state index is 12.1. The number of hydrogen-bond acceptors (Lipinski definition) is 5. The van der Waals surface area contributed by atoms with Crippen molar-refractivity contribution in [2.75, 3.05) is 0 Å². The van der Waals surface area contributed by atoms with Crippen molar-refractivity contribution in [3.63, 3.8) is 0 Å². The normalized spacial score (nSPS) is 11.3. The van der Waals surface area contributed by atoms with Crippen molar-refractivity contribution in [1.82, 2.24) is 9.71 Å². The Balaban J connectivity index is 2.00. The predicted molar refractivity (Wildman–Crippen MR) is 76.1 cm³/mol. The van der Waals surface area contributed by atoms with Crippen molar-refractivity contribution >= 4 is 15.9 Å². The highest BCUT2D eigenvalue weighted by atomic mass is 32.2. The summed E-state index contributed by atoms with van der Waals surface area (Å²) in [6.45, 7) is 3.19. The van der Waals surface area contributed by atoms with E-state index in [1.165, 1.54) is 6.07 Å². The van der Waals surface area contributed by atoms with Gasteiger partial charge in [0.2, 0.25) is 5.91 Å². The third-order valence-electron chi connectivity index (χ3n) is 2.92. The molecule has 2 rings (SSSR count). The second kappa shape index (κ2) is 6.09. The Bertz CT molecular complexity index is 736. The highest BCUT2D eigenvalue weighted by molar-refractivity contribution is 7.90. The first-order valence-electron chi connectivity index (χ1n) is 6.40. The molecule has 0 aliphatic heterocycles. The predicted octanol–water partition coefficient (Wildman–Crippen LogP) is 1.73. The van der Waals surface area contributed by atoms with Crippen LogP contribution in [0, 0.1) is 13.8 Å². The lowest BCUT2D eigenvalue weighted by molar-refractivity contribution is -0.119. The van der Waals surface area contributed by atoms with Gasteiger partial charge in [-0.05, 0) is 38.0 Å². The summed E-state index contributed by atoms with van der Waals surface area (Å²) in [5, 5.41) is 0. The standard InChI is InChI=1S/C14H16N2O4S/c1-10-9-13(11(2)20-10)21(18,19)16-14(17)4-3-12-5-7-15-8-6-12/h5-9H,3-4H2,1-2H3,(H,16,17). The SMILES string of the molecule is Cc1cc(S(=O)(=O)NC(=O)CCc2ccncc2)c(C)o1. The van der Waals surface area contributed by atoms with E-state index in [0.717, 1.165) is 5.56 Å². The number of sulfonamides is 1. The lowest BCUT2D eigenvalue weighted by atomic mass is 10.1. The number of aryl methyl sites for hydroxylation is 3. The summed E-state index contributed by atoms with van der Waals surface area (Å²) in [7, 11) is -3.88. The molecule has 0 saturated heterocycles. The topological polar surface area (TPSA) is 89.3 Å². The molecule has 112 valence electrons. The van der Waals surface area contributed by atoms with Crippen LogP contribution in [0.2, 0.25) is 0 Å². The van der Waals surface area contributed by atoms with Crippen molar-refractivity contribution in [2.24, 2.45) is 0 Å². The van der Waals surface area contributed by atoms with Crippen molar-refractivity contribution in [2.45, 2.75) is 31.6 Å². The van der Waals surface area contributed by atoms with Gasteiger partial charge in [0.25, 0.3) is 10.0 Å². The number of carbonyl (C=O) groups excluding carboxylic acids is 1. The zero-order valence-electron chi connectivity index (χ0n) is 11.8. The molecule has 0 aliphatic carbocycles. The highest BCUT2D eigenvalue weighted by Crippen LogP contribution is 2.19. The minimum absolute atomic E-state index is 0.00254. The molecule has 7 heteroatoms. The first kappa shape index (κ1) is 15.2. The smallest absolute Gasteiger partial charge is 0.267 e. The molecule has 2 aromatic heterocycles. The van der Waals surface area contributed by atoms with E-state index in [0.29, 0.717) is 12.2 Å². The molecule has 0 fully saturated rings. The van der Waals surface area contributed by atoms with E-state index in [1.54, 1.807) is 38.4 Å². The van der Waals surface area contributed by atoms with Gasteiger partial charge in [0, 0.05) is 24.9 Å². The molecule has 0 saturated carbocycles. The Morgan fingerprint density at radius 2 is 1.95 bits per heavy atom. The van der Waals surface area contributed by atoms with Gasteiger partial charge in [-0.1, -0.05) is 0 Å². The molecule has 2 heterocycles. The van der Waals surface area contributed by atoms with Crippen LogP contribution in [0.4, 0.5) is 0 Å². The van der Waals surface area contributed by atoms with E-state index in [-0.39, 0.29) is 17.1 Å². The van der Waals surface area contributed by atoms with E-state index < -0.39 is 15.9 Å². The summed E-state index contributed by atoms with van der Waals surface area (Å²) in [5.41, 5.74) is 0.924. The summed E-state index contributed by atoms with van der Waals surface area (Å²) in [6, 6.07) is 4.96. The van der Waals surface area contributed by atoms with Gasteiger partial charge < -0.3 is 4.42 Å². The Morgan fingerprint density at radius 3 is 2.52 bits per heavy atom. The quantitative estimate of drug-likeness (QED) is 0.908. The second-order valence-electron chi connectivity index (χ2n) is 4.66. The fraction of sp³-hybridized carbons (Fsp3) is 0.286. The first-order valence-corrected chi connectivity index (χ1v) is 7.88. The van der Waals surface area contributed by atoms with E-state index in [1.807, 2.05) is 0 Å². The van der Waals surface area contributed by atoms with E-state index >= 15 is 0 Å². The molecule has 0 aromatic carbocycles. The van der Waals surface area contributed by atoms with Crippen LogP contribution in [0.5, 0.6) is 0 Å². The number of carbonyl (C=O) groups is 1. The summed E-state index contributed by atoms with van der Waals surface area (Å²) >= 11 is 0. The Kier molecular flexibility index (Phi) is 4.42. The van der Waals surface area contributed by atoms with Gasteiger partial charge in [-0.3, -0.25) is 9.78 Å². The maximum atomic E-state index is 12.1. The van der Waals surface area contributed by atoms with Crippen LogP contribution < -0.4 is 4.72 Å². The Labute approximate surface area is 123 Å². The molecule has 2 aromatic rings. The molecular formula is C14H16N2O4S. The van der Waals surface area contributed by atoms with Gasteiger partial charge in [-0.25, -0.2) is 13.1 Å². The molecular weight excluding hydrogens is 292 g/mol. The zero-order valence-corrected chi connectivity index (χ0v) is 12.6. The molecule has 0 aliphatic rings. The van der Waals surface area contributed by atoms with Gasteiger partial charge in [0.15, 0.2) is 0 Å². The van der Waals surface area contributed by atoms with E-state index in [2.05, 4.69) is 9.71 Å². The van der Waals surface area contributed by atoms with E-state index in [4.69, 9.17) is 4.42 Å². The van der Waals surface area contributed by atoms with Crippen LogP contribution in [0.25, 0.3) is 0 Å². The molecule has 1 amide bonds. The lowest BCUT2D eigenvalue weighted by Crippen LogP contribution is -2.30. The summed E-state index contributed by atoms with van der Waals surface area (Å²) in [5.74, 6) is 0.198. The van der Waals surface area contributed by atoms with Crippen LogP contribution in [-0.2, 0) is 21.2 Å². The van der Waals surface area contributed by atoms with Crippen LogP contribution in [0.3, 0.4) is 0 Å². The highest BCUT2D eigenvalue weighted by Gasteiger charge is 2.22. The number of amides is 1. The van der Waals surface area contributed by atoms with Gasteiger partial charge in [-0.15, -0.1) is 0 Å². The minimum atomic E-state index is -3.88. The molecule has 0 bridgehead atoms. The van der Waals surface area contributed by atoms with Crippen molar-refractivity contribution in [3.05, 3.63) is 47.7 Å². The maximum Gasteiger partial charge on any atom is 0.267 e. The fourth-order valence-corrected chi connectivity index (χ4v) is 3.19. The van der Waals surface area contributed by atoms with Crippen LogP contribution >= 0.6 is 0 Å². The lowest BCUT2D eigenvalue weighted by Gasteiger charge is -2.05. The molecule has 1 N–H and O–H groups in total. The first-order chi connectivity index (χ1) is 9.88. The average molecular weight is 308 g/mol. The number of furan rings is 1. The zero-order chi connectivity index (χ0) is 15.5. The molecule has 6 nitrogen and oxygen atoms in total. The number of aromatic nitrogens is 1.